The molecule has 0 atom stereocenters. The van der Waals surface area contributed by atoms with Gasteiger partial charge in [-0.1, -0.05) is 59.2 Å². The first-order valence-corrected chi connectivity index (χ1v) is 8.01. The van der Waals surface area contributed by atoms with Crippen LogP contribution >= 0.6 is 35.0 Å². The molecule has 0 spiro atoms. The van der Waals surface area contributed by atoms with Crippen molar-refractivity contribution in [2.45, 2.75) is 10.9 Å². The molecule has 3 nitrogen and oxygen atoms in total. The van der Waals surface area contributed by atoms with E-state index in [1.54, 1.807) is 18.1 Å². The van der Waals surface area contributed by atoms with Crippen molar-refractivity contribution in [1.29, 1.82) is 0 Å². The molecule has 0 saturated heterocycles. The molecule has 0 aliphatic heterocycles. The molecule has 0 aliphatic rings. The maximum absolute atomic E-state index is 6.19. The number of nitrogens with zero attached hydrogens (tertiary/aromatic N) is 3. The summed E-state index contributed by atoms with van der Waals surface area (Å²) in [5.41, 5.74) is 1.93. The standard InChI is InChI=1S/C15H11Cl2N3S/c16-13-7-4-8-14(17)12(13)9-21-15-19-18-10-20(15)11-5-2-1-3-6-11/h1-8,10H,9H2. The van der Waals surface area contributed by atoms with E-state index < -0.39 is 0 Å². The van der Waals surface area contributed by atoms with Crippen LogP contribution in [-0.4, -0.2) is 14.8 Å². The van der Waals surface area contributed by atoms with Crippen molar-refractivity contribution >= 4 is 35.0 Å². The van der Waals surface area contributed by atoms with Crippen molar-refractivity contribution in [3.8, 4) is 5.69 Å². The Kier molecular flexibility index (Phi) is 4.48. The predicted octanol–water partition coefficient (Wildman–Crippen LogP) is 4.87. The minimum absolute atomic E-state index is 0.643. The van der Waals surface area contributed by atoms with Gasteiger partial charge in [0, 0.05) is 21.5 Å². The lowest BCUT2D eigenvalue weighted by Crippen LogP contribution is -1.95. The average molecular weight is 336 g/mol. The van der Waals surface area contributed by atoms with E-state index in [0.717, 1.165) is 16.4 Å². The molecule has 6 heteroatoms. The first-order chi connectivity index (χ1) is 10.3. The summed E-state index contributed by atoms with van der Waals surface area (Å²) in [4.78, 5) is 0. The smallest absolute Gasteiger partial charge is 0.195 e. The van der Waals surface area contributed by atoms with Crippen LogP contribution in [0.4, 0.5) is 0 Å². The van der Waals surface area contributed by atoms with Gasteiger partial charge in [0.1, 0.15) is 6.33 Å². The van der Waals surface area contributed by atoms with Crippen LogP contribution in [0.2, 0.25) is 10.0 Å². The van der Waals surface area contributed by atoms with Gasteiger partial charge in [-0.15, -0.1) is 10.2 Å². The molecule has 0 N–H and O–H groups in total. The molecule has 106 valence electrons. The van der Waals surface area contributed by atoms with Crippen LogP contribution < -0.4 is 0 Å². The first kappa shape index (κ1) is 14.4. The fourth-order valence-electron chi connectivity index (χ4n) is 1.90. The van der Waals surface area contributed by atoms with Gasteiger partial charge < -0.3 is 0 Å². The molecule has 0 fully saturated rings. The Bertz CT molecular complexity index is 723. The van der Waals surface area contributed by atoms with Crippen molar-refractivity contribution in [1.82, 2.24) is 14.8 Å². The largest absolute Gasteiger partial charge is 0.277 e. The maximum atomic E-state index is 6.19. The molecule has 1 heterocycles. The van der Waals surface area contributed by atoms with E-state index in [0.29, 0.717) is 15.8 Å². The summed E-state index contributed by atoms with van der Waals surface area (Å²) in [5.74, 6) is 0.643. The maximum Gasteiger partial charge on any atom is 0.195 e. The van der Waals surface area contributed by atoms with Gasteiger partial charge in [0.15, 0.2) is 5.16 Å². The molecule has 0 saturated carbocycles. The Morgan fingerprint density at radius 1 is 0.952 bits per heavy atom. The van der Waals surface area contributed by atoms with Gasteiger partial charge in [-0.2, -0.15) is 0 Å². The predicted molar refractivity (Wildman–Crippen MR) is 87.4 cm³/mol. The number of rotatable bonds is 4. The highest BCUT2D eigenvalue weighted by atomic mass is 35.5. The van der Waals surface area contributed by atoms with Gasteiger partial charge >= 0.3 is 0 Å². The summed E-state index contributed by atoms with van der Waals surface area (Å²) in [6.07, 6.45) is 1.70. The highest BCUT2D eigenvalue weighted by molar-refractivity contribution is 7.98. The summed E-state index contributed by atoms with van der Waals surface area (Å²) in [6.45, 7) is 0. The van der Waals surface area contributed by atoms with Crippen molar-refractivity contribution < 1.29 is 0 Å². The number of thioether (sulfide) groups is 1. The molecule has 3 aromatic rings. The van der Waals surface area contributed by atoms with Gasteiger partial charge in [-0.25, -0.2) is 0 Å². The summed E-state index contributed by atoms with van der Waals surface area (Å²) < 4.78 is 1.94. The van der Waals surface area contributed by atoms with Gasteiger partial charge in [0.05, 0.1) is 0 Å². The lowest BCUT2D eigenvalue weighted by atomic mass is 10.2. The summed E-state index contributed by atoms with van der Waals surface area (Å²) in [7, 11) is 0. The zero-order valence-electron chi connectivity index (χ0n) is 10.9. The van der Waals surface area contributed by atoms with E-state index in [9.17, 15) is 0 Å². The van der Waals surface area contributed by atoms with E-state index >= 15 is 0 Å². The second kappa shape index (κ2) is 6.52. The highest BCUT2D eigenvalue weighted by Gasteiger charge is 2.10. The molecule has 0 amide bonds. The Morgan fingerprint density at radius 3 is 2.38 bits per heavy atom. The normalized spacial score (nSPS) is 10.8. The summed E-state index contributed by atoms with van der Waals surface area (Å²) in [5, 5.41) is 10.3. The van der Waals surface area contributed by atoms with Crippen LogP contribution in [-0.2, 0) is 5.75 Å². The summed E-state index contributed by atoms with van der Waals surface area (Å²) >= 11 is 13.9. The highest BCUT2D eigenvalue weighted by Crippen LogP contribution is 2.31. The van der Waals surface area contributed by atoms with Gasteiger partial charge in [0.25, 0.3) is 0 Å². The van der Waals surface area contributed by atoms with Crippen molar-refractivity contribution in [2.75, 3.05) is 0 Å². The van der Waals surface area contributed by atoms with Crippen LogP contribution in [0.15, 0.2) is 60.0 Å². The van der Waals surface area contributed by atoms with Gasteiger partial charge in [-0.05, 0) is 29.8 Å². The second-order valence-electron chi connectivity index (χ2n) is 4.31. The van der Waals surface area contributed by atoms with Crippen LogP contribution in [0.5, 0.6) is 0 Å². The number of benzene rings is 2. The van der Waals surface area contributed by atoms with E-state index in [4.69, 9.17) is 23.2 Å². The van der Waals surface area contributed by atoms with Crippen LogP contribution in [0, 0.1) is 0 Å². The molecular formula is C15H11Cl2N3S. The molecular weight excluding hydrogens is 325 g/mol. The number of halogens is 2. The Labute approximate surface area is 136 Å². The molecule has 3 rings (SSSR count). The first-order valence-electron chi connectivity index (χ1n) is 6.27. The lowest BCUT2D eigenvalue weighted by molar-refractivity contribution is 0.884. The average Bonchev–Trinajstić information content (AvgIpc) is 2.96. The zero-order valence-corrected chi connectivity index (χ0v) is 13.2. The topological polar surface area (TPSA) is 30.7 Å². The van der Waals surface area contributed by atoms with Crippen molar-refractivity contribution in [3.05, 3.63) is 70.5 Å². The monoisotopic (exact) mass is 335 g/mol. The number of aromatic nitrogens is 3. The number of hydrogen-bond donors (Lipinski definition) is 0. The van der Waals surface area contributed by atoms with Gasteiger partial charge in [0.2, 0.25) is 0 Å². The molecule has 2 aromatic carbocycles. The third kappa shape index (κ3) is 3.23. The Morgan fingerprint density at radius 2 is 1.67 bits per heavy atom. The van der Waals surface area contributed by atoms with E-state index in [1.165, 1.54) is 0 Å². The molecule has 1 aromatic heterocycles. The molecule has 0 bridgehead atoms. The van der Waals surface area contributed by atoms with Crippen LogP contribution in [0.3, 0.4) is 0 Å². The minimum Gasteiger partial charge on any atom is -0.277 e. The molecule has 0 unspecified atom stereocenters. The van der Waals surface area contributed by atoms with Gasteiger partial charge in [-0.3, -0.25) is 4.57 Å². The summed E-state index contributed by atoms with van der Waals surface area (Å²) in [6, 6.07) is 15.5. The number of para-hydroxylation sites is 1. The Hall–Kier alpha value is -1.49. The Balaban J connectivity index is 1.83. The van der Waals surface area contributed by atoms with Crippen molar-refractivity contribution in [3.63, 3.8) is 0 Å². The van der Waals surface area contributed by atoms with E-state index in [-0.39, 0.29) is 0 Å². The molecule has 0 aliphatic carbocycles. The quantitative estimate of drug-likeness (QED) is 0.637. The molecule has 21 heavy (non-hydrogen) atoms. The van der Waals surface area contributed by atoms with Crippen molar-refractivity contribution in [2.24, 2.45) is 0 Å². The zero-order chi connectivity index (χ0) is 14.7. The van der Waals surface area contributed by atoms with Crippen LogP contribution in [0.1, 0.15) is 5.56 Å². The minimum atomic E-state index is 0.643. The fraction of sp³-hybridized carbons (Fsp3) is 0.0667. The number of hydrogen-bond acceptors (Lipinski definition) is 3. The fourth-order valence-corrected chi connectivity index (χ4v) is 3.57. The lowest BCUT2D eigenvalue weighted by Gasteiger charge is -2.08. The third-order valence-electron chi connectivity index (χ3n) is 2.96. The SMILES string of the molecule is Clc1cccc(Cl)c1CSc1nncn1-c1ccccc1. The van der Waals surface area contributed by atoms with E-state index in [2.05, 4.69) is 10.2 Å². The van der Waals surface area contributed by atoms with Crippen LogP contribution in [0.25, 0.3) is 5.69 Å². The second-order valence-corrected chi connectivity index (χ2v) is 6.06. The van der Waals surface area contributed by atoms with E-state index in [1.807, 2.05) is 53.1 Å². The third-order valence-corrected chi connectivity index (χ3v) is 4.64. The molecule has 0 radical (unpaired) electrons.